The van der Waals surface area contributed by atoms with Crippen LogP contribution in [0.5, 0.6) is 0 Å². The minimum absolute atomic E-state index is 0.741. The van der Waals surface area contributed by atoms with E-state index < -0.39 is 0 Å². The van der Waals surface area contributed by atoms with E-state index in [1.807, 2.05) is 0 Å². The molecule has 32 valence electrons. The lowest BCUT2D eigenvalue weighted by Gasteiger charge is -1.72. The maximum absolute atomic E-state index is 3.92. The largest absolute Gasteiger partial charge is 0.270 e. The first-order valence-corrected chi connectivity index (χ1v) is 3.10. The Kier molecular flexibility index (Phi) is 1.54. The summed E-state index contributed by atoms with van der Waals surface area (Å²) < 4.78 is 0.947. The maximum Gasteiger partial charge on any atom is 0.134 e. The van der Waals surface area contributed by atoms with Gasteiger partial charge < -0.3 is 0 Å². The number of rotatable bonds is 0. The van der Waals surface area contributed by atoms with Crippen molar-refractivity contribution < 1.29 is 0 Å². The van der Waals surface area contributed by atoms with Crippen LogP contribution in [0, 0.1) is 5.75 Å². The molecule has 0 unspecified atom stereocenters. The van der Waals surface area contributed by atoms with Gasteiger partial charge in [0.1, 0.15) is 3.95 Å². The van der Waals surface area contributed by atoms with Gasteiger partial charge in [0.2, 0.25) is 0 Å². The number of aliphatic imine (C=N–C) groups is 1. The van der Waals surface area contributed by atoms with Crippen molar-refractivity contribution >= 4 is 31.6 Å². The lowest BCUT2D eigenvalue weighted by Crippen LogP contribution is -1.60. The van der Waals surface area contributed by atoms with Crippen molar-refractivity contribution in [2.75, 3.05) is 6.54 Å². The fourth-order valence-electron chi connectivity index (χ4n) is 0.219. The van der Waals surface area contributed by atoms with E-state index in [0.29, 0.717) is 0 Å². The molecule has 1 aliphatic heterocycles. The topological polar surface area (TPSA) is 12.4 Å². The Labute approximate surface area is 49.3 Å². The minimum Gasteiger partial charge on any atom is -0.270 e. The average Bonchev–Trinajstić information content (AvgIpc) is 1.86. The van der Waals surface area contributed by atoms with Crippen LogP contribution in [-0.4, -0.2) is 10.5 Å². The molecule has 0 spiro atoms. The second kappa shape index (κ2) is 1.98. The van der Waals surface area contributed by atoms with Crippen LogP contribution in [0.15, 0.2) is 4.99 Å². The first-order chi connectivity index (χ1) is 2.89. The third kappa shape index (κ3) is 0.980. The van der Waals surface area contributed by atoms with Gasteiger partial charge in [-0.3, -0.25) is 4.99 Å². The fourth-order valence-corrected chi connectivity index (χ4v) is 1.06. The Balaban J connectivity index is 2.45. The summed E-state index contributed by atoms with van der Waals surface area (Å²) in [6.45, 7) is 0.741. The van der Waals surface area contributed by atoms with Crippen LogP contribution >= 0.6 is 27.7 Å². The van der Waals surface area contributed by atoms with Gasteiger partial charge in [-0.1, -0.05) is 11.8 Å². The first kappa shape index (κ1) is 4.65. The predicted octanol–water partition coefficient (Wildman–Crippen LogP) is 1.52. The maximum atomic E-state index is 3.92. The van der Waals surface area contributed by atoms with Gasteiger partial charge in [0.15, 0.2) is 0 Å². The molecule has 0 aromatic heterocycles. The molecule has 1 heterocycles. The molecule has 0 N–H and O–H groups in total. The molecule has 0 saturated heterocycles. The Bertz CT molecular complexity index is 80.9. The smallest absolute Gasteiger partial charge is 0.134 e. The summed E-state index contributed by atoms with van der Waals surface area (Å²) in [6.07, 6.45) is 0. The molecule has 0 fully saturated rings. The Hall–Kier alpha value is 0.500. The number of hydrogen-bond donors (Lipinski definition) is 0. The van der Waals surface area contributed by atoms with Crippen molar-refractivity contribution in [1.29, 1.82) is 0 Å². The first-order valence-electron chi connectivity index (χ1n) is 1.49. The van der Waals surface area contributed by atoms with E-state index in [9.17, 15) is 0 Å². The van der Waals surface area contributed by atoms with Gasteiger partial charge >= 0.3 is 0 Å². The molecule has 0 aromatic rings. The molecule has 0 saturated carbocycles. The van der Waals surface area contributed by atoms with Gasteiger partial charge in [0.05, 0.1) is 12.3 Å². The zero-order valence-corrected chi connectivity index (χ0v) is 5.34. The average molecular weight is 164 g/mol. The summed E-state index contributed by atoms with van der Waals surface area (Å²) in [6, 6.07) is 0. The fraction of sp³-hybridized carbons (Fsp3) is 0.333. The van der Waals surface area contributed by atoms with Crippen LogP contribution < -0.4 is 0 Å². The van der Waals surface area contributed by atoms with Crippen LogP contribution in [0.3, 0.4) is 0 Å². The van der Waals surface area contributed by atoms with Crippen LogP contribution in [-0.2, 0) is 0 Å². The van der Waals surface area contributed by atoms with Gasteiger partial charge in [-0.25, -0.2) is 0 Å². The van der Waals surface area contributed by atoms with Crippen molar-refractivity contribution in [2.24, 2.45) is 4.99 Å². The molecule has 3 heteroatoms. The Morgan fingerprint density at radius 3 is 3.00 bits per heavy atom. The van der Waals surface area contributed by atoms with E-state index in [0.717, 1.165) is 10.5 Å². The Morgan fingerprint density at radius 2 is 2.83 bits per heavy atom. The third-order valence-electron chi connectivity index (χ3n) is 0.424. The van der Waals surface area contributed by atoms with Crippen LogP contribution in [0.2, 0.25) is 0 Å². The van der Waals surface area contributed by atoms with Crippen molar-refractivity contribution in [3.05, 3.63) is 5.75 Å². The molecule has 0 aliphatic carbocycles. The van der Waals surface area contributed by atoms with Crippen LogP contribution in [0.4, 0.5) is 0 Å². The highest BCUT2D eigenvalue weighted by molar-refractivity contribution is 9.22. The molecule has 2 radical (unpaired) electrons. The number of nitrogens with zero attached hydrogens (tertiary/aromatic N) is 1. The number of thioether (sulfide) groups is 1. The van der Waals surface area contributed by atoms with Crippen molar-refractivity contribution in [3.8, 4) is 0 Å². The van der Waals surface area contributed by atoms with E-state index >= 15 is 0 Å². The van der Waals surface area contributed by atoms with Crippen molar-refractivity contribution in [3.63, 3.8) is 0 Å². The highest BCUT2D eigenvalue weighted by atomic mass is 79.9. The normalized spacial score (nSPS) is 21.2. The van der Waals surface area contributed by atoms with E-state index in [1.165, 1.54) is 11.8 Å². The highest BCUT2D eigenvalue weighted by Crippen LogP contribution is 2.19. The van der Waals surface area contributed by atoms with Crippen LogP contribution in [0.1, 0.15) is 0 Å². The lowest BCUT2D eigenvalue weighted by molar-refractivity contribution is 1.26. The van der Waals surface area contributed by atoms with Crippen LogP contribution in [0.25, 0.3) is 0 Å². The molecule has 0 bridgehead atoms. The van der Waals surface area contributed by atoms with E-state index in [-0.39, 0.29) is 0 Å². The second-order valence-electron chi connectivity index (χ2n) is 0.816. The summed E-state index contributed by atoms with van der Waals surface area (Å²) in [5, 5.41) is 0. The SMILES string of the molecule is BrC1=NC[C]S1. The zero-order valence-electron chi connectivity index (χ0n) is 2.94. The highest BCUT2D eigenvalue weighted by Gasteiger charge is 2.00. The number of hydrogen-bond acceptors (Lipinski definition) is 2. The lowest BCUT2D eigenvalue weighted by atomic mass is 10.8. The van der Waals surface area contributed by atoms with Gasteiger partial charge in [-0.15, -0.1) is 0 Å². The van der Waals surface area contributed by atoms with Gasteiger partial charge in [-0.2, -0.15) is 0 Å². The molecule has 1 aliphatic rings. The molecule has 1 nitrogen and oxygen atoms in total. The molecule has 6 heavy (non-hydrogen) atoms. The van der Waals surface area contributed by atoms with E-state index in [2.05, 4.69) is 26.7 Å². The van der Waals surface area contributed by atoms with E-state index in [1.54, 1.807) is 0 Å². The summed E-state index contributed by atoms with van der Waals surface area (Å²) in [5.74, 6) is 2.94. The van der Waals surface area contributed by atoms with E-state index in [4.69, 9.17) is 0 Å². The molecular weight excluding hydrogens is 162 g/mol. The molecule has 0 aromatic carbocycles. The second-order valence-corrected chi connectivity index (χ2v) is 2.97. The molecule has 1 rings (SSSR count). The summed E-state index contributed by atoms with van der Waals surface area (Å²) in [4.78, 5) is 3.92. The number of halogens is 1. The quantitative estimate of drug-likeness (QED) is 0.528. The third-order valence-corrected chi connectivity index (χ3v) is 1.73. The summed E-state index contributed by atoms with van der Waals surface area (Å²) in [7, 11) is 0. The zero-order chi connectivity index (χ0) is 4.41. The standard InChI is InChI=1S/C3H2BrNS/c4-3-5-1-2-6-3/h1H2. The summed E-state index contributed by atoms with van der Waals surface area (Å²) >= 11 is 4.70. The predicted molar refractivity (Wildman–Crippen MR) is 32.1 cm³/mol. The monoisotopic (exact) mass is 163 g/mol. The van der Waals surface area contributed by atoms with Gasteiger partial charge in [0.25, 0.3) is 0 Å². The minimum atomic E-state index is 0.741. The Morgan fingerprint density at radius 1 is 2.00 bits per heavy atom. The molecular formula is C3H2BrNS. The molecule has 0 amide bonds. The van der Waals surface area contributed by atoms with Crippen molar-refractivity contribution in [1.82, 2.24) is 0 Å². The molecule has 0 atom stereocenters. The summed E-state index contributed by atoms with van der Waals surface area (Å²) in [5.41, 5.74) is 0. The van der Waals surface area contributed by atoms with Crippen molar-refractivity contribution in [2.45, 2.75) is 0 Å². The van der Waals surface area contributed by atoms with Gasteiger partial charge in [0, 0.05) is 0 Å². The van der Waals surface area contributed by atoms with Gasteiger partial charge in [-0.05, 0) is 15.9 Å².